The largest absolute Gasteiger partial charge is 0.493 e. The van der Waals surface area contributed by atoms with Crippen LogP contribution >= 0.6 is 0 Å². The maximum atomic E-state index is 10.8. The van der Waals surface area contributed by atoms with Crippen molar-refractivity contribution in [2.24, 2.45) is 0 Å². The van der Waals surface area contributed by atoms with Gasteiger partial charge in [0.2, 0.25) is 5.82 Å². The highest BCUT2D eigenvalue weighted by Crippen LogP contribution is 2.33. The third kappa shape index (κ3) is 4.93. The smallest absolute Gasteiger partial charge is 0.303 e. The van der Waals surface area contributed by atoms with Crippen LogP contribution in [0.15, 0.2) is 40.9 Å². The van der Waals surface area contributed by atoms with Crippen LogP contribution in [0.5, 0.6) is 11.5 Å². The fourth-order valence-electron chi connectivity index (χ4n) is 2.99. The normalized spacial score (nSPS) is 10.9. The van der Waals surface area contributed by atoms with Crippen molar-refractivity contribution in [3.8, 4) is 34.3 Å². The molecule has 0 fully saturated rings. The molecule has 0 saturated heterocycles. The first-order valence-corrected chi connectivity index (χ1v) is 9.38. The summed E-state index contributed by atoms with van der Waals surface area (Å²) in [5.74, 6) is 1.29. The van der Waals surface area contributed by atoms with Crippen LogP contribution in [0.25, 0.3) is 22.8 Å². The molecule has 0 spiro atoms. The average Bonchev–Trinajstić information content (AvgIpc) is 3.16. The number of methoxy groups -OCH3 is 1. The summed E-state index contributed by atoms with van der Waals surface area (Å²) in [6, 6.07) is 11.2. The van der Waals surface area contributed by atoms with Crippen molar-refractivity contribution in [1.82, 2.24) is 10.1 Å². The van der Waals surface area contributed by atoms with Crippen LogP contribution in [0.4, 0.5) is 0 Å². The zero-order valence-corrected chi connectivity index (χ0v) is 16.9. The van der Waals surface area contributed by atoms with Gasteiger partial charge in [0, 0.05) is 17.5 Å². The van der Waals surface area contributed by atoms with Gasteiger partial charge in [-0.1, -0.05) is 23.4 Å². The van der Waals surface area contributed by atoms with E-state index in [4.69, 9.17) is 19.1 Å². The Hall–Kier alpha value is -3.35. The Morgan fingerprint density at radius 1 is 1.17 bits per heavy atom. The summed E-state index contributed by atoms with van der Waals surface area (Å²) in [7, 11) is 1.58. The van der Waals surface area contributed by atoms with Gasteiger partial charge in [-0.2, -0.15) is 4.98 Å². The number of ether oxygens (including phenoxy) is 2. The van der Waals surface area contributed by atoms with Crippen molar-refractivity contribution in [2.45, 2.75) is 39.7 Å². The van der Waals surface area contributed by atoms with Gasteiger partial charge >= 0.3 is 5.97 Å². The Balaban J connectivity index is 1.85. The number of carboxylic acids is 1. The molecule has 1 N–H and O–H groups in total. The Bertz CT molecular complexity index is 1010. The molecule has 29 heavy (non-hydrogen) atoms. The third-order valence-corrected chi connectivity index (χ3v) is 4.36. The molecule has 7 nitrogen and oxygen atoms in total. The van der Waals surface area contributed by atoms with Gasteiger partial charge < -0.3 is 19.1 Å². The second-order valence-corrected chi connectivity index (χ2v) is 7.00. The summed E-state index contributed by atoms with van der Waals surface area (Å²) in [6.07, 6.45) is 0.619. The molecule has 3 rings (SSSR count). The molecule has 152 valence electrons. The highest BCUT2D eigenvalue weighted by atomic mass is 16.5. The number of carbonyl (C=O) groups is 1. The van der Waals surface area contributed by atoms with Crippen LogP contribution in [0.2, 0.25) is 0 Å². The Labute approximate surface area is 169 Å². The molecule has 0 saturated carbocycles. The maximum Gasteiger partial charge on any atom is 0.303 e. The van der Waals surface area contributed by atoms with E-state index in [1.165, 1.54) is 0 Å². The van der Waals surface area contributed by atoms with E-state index in [2.05, 4.69) is 10.1 Å². The fourth-order valence-corrected chi connectivity index (χ4v) is 2.99. The first-order chi connectivity index (χ1) is 13.9. The van der Waals surface area contributed by atoms with Crippen molar-refractivity contribution >= 4 is 5.97 Å². The van der Waals surface area contributed by atoms with Crippen LogP contribution < -0.4 is 9.47 Å². The van der Waals surface area contributed by atoms with Crippen LogP contribution in [-0.4, -0.2) is 34.4 Å². The zero-order chi connectivity index (χ0) is 21.0. The molecule has 0 radical (unpaired) electrons. The van der Waals surface area contributed by atoms with Crippen LogP contribution in [0.3, 0.4) is 0 Å². The minimum absolute atomic E-state index is 0.0335. The molecule has 1 aromatic heterocycles. The first-order valence-electron chi connectivity index (χ1n) is 9.38. The minimum atomic E-state index is -0.810. The molecule has 0 aliphatic heterocycles. The molecule has 7 heteroatoms. The van der Waals surface area contributed by atoms with Crippen LogP contribution in [-0.2, 0) is 11.2 Å². The predicted molar refractivity (Wildman–Crippen MR) is 108 cm³/mol. The molecule has 3 aromatic rings. The van der Waals surface area contributed by atoms with Gasteiger partial charge in [0.15, 0.2) is 11.5 Å². The predicted octanol–water partition coefficient (Wildman–Crippen LogP) is 4.53. The Morgan fingerprint density at radius 2 is 1.97 bits per heavy atom. The summed E-state index contributed by atoms with van der Waals surface area (Å²) in [5, 5.41) is 12.9. The second kappa shape index (κ2) is 8.77. The number of aromatic nitrogens is 2. The van der Waals surface area contributed by atoms with E-state index < -0.39 is 5.97 Å². The summed E-state index contributed by atoms with van der Waals surface area (Å²) in [5.41, 5.74) is 3.49. The maximum absolute atomic E-state index is 10.8. The molecule has 0 amide bonds. The van der Waals surface area contributed by atoms with E-state index in [0.717, 1.165) is 22.3 Å². The Kier molecular flexibility index (Phi) is 6.16. The number of benzene rings is 2. The van der Waals surface area contributed by atoms with E-state index in [-0.39, 0.29) is 12.5 Å². The molecular weight excluding hydrogens is 372 g/mol. The van der Waals surface area contributed by atoms with Gasteiger partial charge in [0.1, 0.15) is 0 Å². The molecular formula is C22H24N2O5. The number of nitrogens with zero attached hydrogens (tertiary/aromatic N) is 2. The molecule has 0 aliphatic rings. The van der Waals surface area contributed by atoms with E-state index in [9.17, 15) is 4.79 Å². The molecule has 0 bridgehead atoms. The van der Waals surface area contributed by atoms with Crippen molar-refractivity contribution in [3.63, 3.8) is 0 Å². The highest BCUT2D eigenvalue weighted by molar-refractivity contribution is 5.68. The standard InChI is InChI=1S/C22H24N2O5/c1-13(2)28-18-9-7-16(12-19(18)27-4)22-23-21(24-29-22)17-8-5-15(11-14(17)3)6-10-20(25)26/h5,7-9,11-13H,6,10H2,1-4H3,(H,25,26). The number of aliphatic carboxylic acids is 1. The van der Waals surface area contributed by atoms with E-state index in [1.54, 1.807) is 13.2 Å². The van der Waals surface area contributed by atoms with Crippen molar-refractivity contribution < 1.29 is 23.9 Å². The number of hydrogen-bond donors (Lipinski definition) is 1. The van der Waals surface area contributed by atoms with Gasteiger partial charge in [0.05, 0.1) is 13.2 Å². The van der Waals surface area contributed by atoms with E-state index in [0.29, 0.717) is 29.6 Å². The average molecular weight is 396 g/mol. The molecule has 0 unspecified atom stereocenters. The third-order valence-electron chi connectivity index (χ3n) is 4.36. The molecule has 0 aliphatic carbocycles. The lowest BCUT2D eigenvalue weighted by atomic mass is 10.0. The summed E-state index contributed by atoms with van der Waals surface area (Å²) in [4.78, 5) is 15.3. The monoisotopic (exact) mass is 396 g/mol. The Morgan fingerprint density at radius 3 is 2.62 bits per heavy atom. The second-order valence-electron chi connectivity index (χ2n) is 7.00. The summed E-state index contributed by atoms with van der Waals surface area (Å²) < 4.78 is 16.6. The molecule has 0 atom stereocenters. The lowest BCUT2D eigenvalue weighted by Gasteiger charge is -2.13. The quantitative estimate of drug-likeness (QED) is 0.598. The molecule has 2 aromatic carbocycles. The van der Waals surface area contributed by atoms with Crippen molar-refractivity contribution in [3.05, 3.63) is 47.5 Å². The SMILES string of the molecule is COc1cc(-c2nc(-c3ccc(CCC(=O)O)cc3C)no2)ccc1OC(C)C. The highest BCUT2D eigenvalue weighted by Gasteiger charge is 2.16. The topological polar surface area (TPSA) is 94.7 Å². The summed E-state index contributed by atoms with van der Waals surface area (Å²) >= 11 is 0. The zero-order valence-electron chi connectivity index (χ0n) is 16.9. The van der Waals surface area contributed by atoms with Crippen molar-refractivity contribution in [1.29, 1.82) is 0 Å². The number of hydrogen-bond acceptors (Lipinski definition) is 6. The van der Waals surface area contributed by atoms with Crippen molar-refractivity contribution in [2.75, 3.05) is 7.11 Å². The number of aryl methyl sites for hydroxylation is 2. The fraction of sp³-hybridized carbons (Fsp3) is 0.318. The number of carboxylic acid groups (broad SMARTS) is 1. The van der Waals surface area contributed by atoms with Gasteiger partial charge in [-0.15, -0.1) is 0 Å². The van der Waals surface area contributed by atoms with Gasteiger partial charge in [-0.3, -0.25) is 4.79 Å². The molecule has 1 heterocycles. The van der Waals surface area contributed by atoms with Crippen LogP contribution in [0.1, 0.15) is 31.4 Å². The minimum Gasteiger partial charge on any atom is -0.493 e. The van der Waals surface area contributed by atoms with Gasteiger partial charge in [-0.25, -0.2) is 0 Å². The number of rotatable bonds is 8. The van der Waals surface area contributed by atoms with E-state index >= 15 is 0 Å². The first kappa shape index (κ1) is 20.4. The lowest BCUT2D eigenvalue weighted by Crippen LogP contribution is -2.06. The lowest BCUT2D eigenvalue weighted by molar-refractivity contribution is -0.136. The van der Waals surface area contributed by atoms with Crippen LogP contribution in [0, 0.1) is 6.92 Å². The van der Waals surface area contributed by atoms with Gasteiger partial charge in [0.25, 0.3) is 5.89 Å². The summed E-state index contributed by atoms with van der Waals surface area (Å²) in [6.45, 7) is 5.84. The van der Waals surface area contributed by atoms with E-state index in [1.807, 2.05) is 51.1 Å². The van der Waals surface area contributed by atoms with Gasteiger partial charge in [-0.05, 0) is 56.5 Å².